The van der Waals surface area contributed by atoms with Crippen LogP contribution in [0, 0.1) is 0 Å². The average Bonchev–Trinajstić information content (AvgIpc) is 2.89. The van der Waals surface area contributed by atoms with E-state index in [1.54, 1.807) is 48.7 Å². The van der Waals surface area contributed by atoms with Crippen LogP contribution in [-0.2, 0) is 15.7 Å². The van der Waals surface area contributed by atoms with Crippen molar-refractivity contribution in [2.24, 2.45) is 0 Å². The third-order valence-electron chi connectivity index (χ3n) is 3.32. The van der Waals surface area contributed by atoms with Crippen molar-refractivity contribution in [3.63, 3.8) is 0 Å². The van der Waals surface area contributed by atoms with Gasteiger partial charge in [-0.2, -0.15) is 0 Å². The lowest BCUT2D eigenvalue weighted by Crippen LogP contribution is -2.01. The zero-order valence-electron chi connectivity index (χ0n) is 10.8. The van der Waals surface area contributed by atoms with Gasteiger partial charge in [0.1, 0.15) is 0 Å². The smallest absolute Gasteiger partial charge is 0.206 e. The minimum atomic E-state index is -3.53. The first-order chi connectivity index (χ1) is 10.0. The van der Waals surface area contributed by atoms with Crippen molar-refractivity contribution in [3.8, 4) is 0 Å². The summed E-state index contributed by atoms with van der Waals surface area (Å²) in [5, 5.41) is 0.836. The maximum atomic E-state index is 12.7. The molecule has 108 valence electrons. The third-order valence-corrected chi connectivity index (χ3v) is 5.90. The number of aromatic nitrogens is 1. The Morgan fingerprint density at radius 2 is 1.71 bits per heavy atom. The van der Waals surface area contributed by atoms with Gasteiger partial charge >= 0.3 is 0 Å². The third kappa shape index (κ3) is 2.61. The van der Waals surface area contributed by atoms with Crippen LogP contribution in [0.2, 0.25) is 0 Å². The molecule has 0 saturated heterocycles. The summed E-state index contributed by atoms with van der Waals surface area (Å²) in [5.41, 5.74) is 1.76. The van der Waals surface area contributed by atoms with E-state index in [4.69, 9.17) is 11.6 Å². The molecule has 3 nitrogen and oxygen atoms in total. The number of nitrogens with one attached hydrogen (secondary N) is 1. The fourth-order valence-electron chi connectivity index (χ4n) is 2.19. The molecular weight excluding hydrogens is 374 g/mol. The van der Waals surface area contributed by atoms with Gasteiger partial charge in [0.2, 0.25) is 9.84 Å². The van der Waals surface area contributed by atoms with E-state index >= 15 is 0 Å². The summed E-state index contributed by atoms with van der Waals surface area (Å²) in [6, 6.07) is 11.6. The number of hydrogen-bond acceptors (Lipinski definition) is 2. The molecule has 1 heterocycles. The monoisotopic (exact) mass is 383 g/mol. The lowest BCUT2D eigenvalue weighted by Gasteiger charge is -2.05. The molecule has 0 unspecified atom stereocenters. The van der Waals surface area contributed by atoms with Crippen molar-refractivity contribution < 1.29 is 8.42 Å². The van der Waals surface area contributed by atoms with Gasteiger partial charge in [0.25, 0.3) is 0 Å². The summed E-state index contributed by atoms with van der Waals surface area (Å²) in [7, 11) is -3.53. The molecule has 2 aromatic carbocycles. The topological polar surface area (TPSA) is 49.9 Å². The molecule has 0 radical (unpaired) electrons. The molecule has 0 saturated carbocycles. The lowest BCUT2D eigenvalue weighted by molar-refractivity contribution is 0.596. The molecular formula is C15H11BrClNO2S. The Kier molecular flexibility index (Phi) is 3.82. The van der Waals surface area contributed by atoms with Gasteiger partial charge in [0, 0.05) is 27.5 Å². The predicted octanol–water partition coefficient (Wildman–Crippen LogP) is 4.50. The molecule has 0 atom stereocenters. The Balaban J connectivity index is 2.16. The van der Waals surface area contributed by atoms with Crippen molar-refractivity contribution in [1.82, 2.24) is 4.98 Å². The standard InChI is InChI=1S/C15H11BrClNO2S/c16-11-1-3-12(4-2-11)21(19,20)13-5-6-15-14(7-13)10(8-17)9-18-15/h1-7,9,18H,8H2. The summed E-state index contributed by atoms with van der Waals surface area (Å²) in [5.74, 6) is 0.335. The van der Waals surface area contributed by atoms with E-state index in [0.29, 0.717) is 5.88 Å². The maximum absolute atomic E-state index is 12.7. The summed E-state index contributed by atoms with van der Waals surface area (Å²) < 4.78 is 26.1. The van der Waals surface area contributed by atoms with Crippen LogP contribution in [0.1, 0.15) is 5.56 Å². The molecule has 0 aliphatic rings. The molecule has 1 aromatic heterocycles. The van der Waals surface area contributed by atoms with E-state index in [0.717, 1.165) is 20.9 Å². The molecule has 0 aliphatic carbocycles. The van der Waals surface area contributed by atoms with Crippen LogP contribution in [0.4, 0.5) is 0 Å². The summed E-state index contributed by atoms with van der Waals surface area (Å²) in [6.45, 7) is 0. The first-order valence-electron chi connectivity index (χ1n) is 6.19. The minimum absolute atomic E-state index is 0.267. The fraction of sp³-hybridized carbons (Fsp3) is 0.0667. The molecule has 0 spiro atoms. The predicted molar refractivity (Wildman–Crippen MR) is 87.4 cm³/mol. The van der Waals surface area contributed by atoms with E-state index in [1.807, 2.05) is 0 Å². The summed E-state index contributed by atoms with van der Waals surface area (Å²) >= 11 is 9.17. The van der Waals surface area contributed by atoms with Gasteiger partial charge in [-0.05, 0) is 48.0 Å². The number of fused-ring (bicyclic) bond motifs is 1. The fourth-order valence-corrected chi connectivity index (χ4v) is 3.96. The largest absolute Gasteiger partial charge is 0.361 e. The second-order valence-electron chi connectivity index (χ2n) is 4.61. The second-order valence-corrected chi connectivity index (χ2v) is 7.74. The lowest BCUT2D eigenvalue weighted by atomic mass is 10.2. The number of sulfone groups is 1. The molecule has 3 rings (SSSR count). The molecule has 3 aromatic rings. The molecule has 0 bridgehead atoms. The number of halogens is 2. The molecule has 1 N–H and O–H groups in total. The normalized spacial score (nSPS) is 11.9. The number of alkyl halides is 1. The minimum Gasteiger partial charge on any atom is -0.361 e. The van der Waals surface area contributed by atoms with Crippen molar-refractivity contribution in [2.45, 2.75) is 15.7 Å². The molecule has 0 aliphatic heterocycles. The van der Waals surface area contributed by atoms with E-state index in [1.165, 1.54) is 0 Å². The summed E-state index contributed by atoms with van der Waals surface area (Å²) in [4.78, 5) is 3.62. The summed E-state index contributed by atoms with van der Waals surface area (Å²) in [6.07, 6.45) is 1.80. The quantitative estimate of drug-likeness (QED) is 0.676. The van der Waals surface area contributed by atoms with Crippen molar-refractivity contribution in [3.05, 3.63) is 58.7 Å². The van der Waals surface area contributed by atoms with E-state index in [9.17, 15) is 8.42 Å². The number of H-pyrrole nitrogens is 1. The molecule has 0 fully saturated rings. The van der Waals surface area contributed by atoms with Gasteiger partial charge in [0.15, 0.2) is 0 Å². The number of hydrogen-bond donors (Lipinski definition) is 1. The SMILES string of the molecule is O=S(=O)(c1ccc(Br)cc1)c1ccc2[nH]cc(CCl)c2c1. The average molecular weight is 385 g/mol. The van der Waals surface area contributed by atoms with E-state index in [-0.39, 0.29) is 9.79 Å². The van der Waals surface area contributed by atoms with E-state index < -0.39 is 9.84 Å². The highest BCUT2D eigenvalue weighted by atomic mass is 79.9. The molecule has 6 heteroatoms. The van der Waals surface area contributed by atoms with Crippen LogP contribution >= 0.6 is 27.5 Å². The van der Waals surface area contributed by atoms with Crippen molar-refractivity contribution in [2.75, 3.05) is 0 Å². The first-order valence-corrected chi connectivity index (χ1v) is 9.00. The Morgan fingerprint density at radius 3 is 2.38 bits per heavy atom. The highest BCUT2D eigenvalue weighted by Crippen LogP contribution is 2.27. The van der Waals surface area contributed by atoms with Crippen molar-refractivity contribution >= 4 is 48.3 Å². The first kappa shape index (κ1) is 14.6. The van der Waals surface area contributed by atoms with Crippen LogP contribution in [0.3, 0.4) is 0 Å². The van der Waals surface area contributed by atoms with Gasteiger partial charge in [0.05, 0.1) is 9.79 Å². The van der Waals surface area contributed by atoms with Gasteiger partial charge < -0.3 is 4.98 Å². The van der Waals surface area contributed by atoms with Crippen LogP contribution in [-0.4, -0.2) is 13.4 Å². The van der Waals surface area contributed by atoms with Gasteiger partial charge in [-0.15, -0.1) is 11.6 Å². The van der Waals surface area contributed by atoms with Crippen LogP contribution < -0.4 is 0 Å². The van der Waals surface area contributed by atoms with Crippen LogP contribution in [0.5, 0.6) is 0 Å². The highest BCUT2D eigenvalue weighted by molar-refractivity contribution is 9.10. The zero-order valence-corrected chi connectivity index (χ0v) is 14.0. The Labute approximate surface area is 136 Å². The highest BCUT2D eigenvalue weighted by Gasteiger charge is 2.18. The van der Waals surface area contributed by atoms with Crippen LogP contribution in [0.15, 0.2) is 62.9 Å². The zero-order chi connectivity index (χ0) is 15.0. The van der Waals surface area contributed by atoms with Crippen molar-refractivity contribution in [1.29, 1.82) is 0 Å². The Bertz CT molecular complexity index is 901. The van der Waals surface area contributed by atoms with Crippen LogP contribution in [0.25, 0.3) is 10.9 Å². The number of aromatic amines is 1. The maximum Gasteiger partial charge on any atom is 0.206 e. The van der Waals surface area contributed by atoms with E-state index in [2.05, 4.69) is 20.9 Å². The number of rotatable bonds is 3. The second kappa shape index (κ2) is 5.48. The Hall–Kier alpha value is -1.30. The van der Waals surface area contributed by atoms with Gasteiger partial charge in [-0.1, -0.05) is 15.9 Å². The molecule has 0 amide bonds. The van der Waals surface area contributed by atoms with Gasteiger partial charge in [-0.25, -0.2) is 8.42 Å². The Morgan fingerprint density at radius 1 is 1.05 bits per heavy atom. The number of benzene rings is 2. The van der Waals surface area contributed by atoms with Gasteiger partial charge in [-0.3, -0.25) is 0 Å². The molecule has 21 heavy (non-hydrogen) atoms.